The van der Waals surface area contributed by atoms with Crippen LogP contribution >= 0.6 is 0 Å². The van der Waals surface area contributed by atoms with Crippen LogP contribution in [0.15, 0.2) is 150 Å². The van der Waals surface area contributed by atoms with Gasteiger partial charge in [0.1, 0.15) is 11.2 Å². The van der Waals surface area contributed by atoms with E-state index in [2.05, 4.69) is 75.9 Å². The van der Waals surface area contributed by atoms with Gasteiger partial charge in [0.05, 0.1) is 0 Å². The molecule has 1 aliphatic carbocycles. The number of nitrogens with zero attached hydrogens (tertiary/aromatic N) is 3. The largest absolute Gasteiger partial charge is 0.456 e. The van der Waals surface area contributed by atoms with Crippen LogP contribution in [-0.4, -0.2) is 15.0 Å². The summed E-state index contributed by atoms with van der Waals surface area (Å²) in [5.74, 6) is 1.89. The zero-order valence-corrected chi connectivity index (χ0v) is 26.7. The summed E-state index contributed by atoms with van der Waals surface area (Å²) >= 11 is 0. The number of furan rings is 1. The Morgan fingerprint density at radius 1 is 0.638 bits per heavy atom. The number of fused-ring (bicyclic) bond motifs is 4. The first kappa shape index (κ1) is 28.6. The minimum Gasteiger partial charge on any atom is -0.456 e. The number of allylic oxidation sites excluding steroid dienone is 5. The van der Waals surface area contributed by atoms with Crippen LogP contribution in [0.1, 0.15) is 31.9 Å². The molecule has 2 aromatic heterocycles. The fourth-order valence-electron chi connectivity index (χ4n) is 6.81. The summed E-state index contributed by atoms with van der Waals surface area (Å²) in [5, 5.41) is 2.10. The van der Waals surface area contributed by atoms with Gasteiger partial charge in [-0.3, -0.25) is 0 Å². The van der Waals surface area contributed by atoms with Crippen molar-refractivity contribution >= 4 is 27.5 Å². The van der Waals surface area contributed by atoms with Gasteiger partial charge in [-0.2, -0.15) is 0 Å². The molecule has 5 aromatic carbocycles. The molecule has 0 unspecified atom stereocenters. The van der Waals surface area contributed by atoms with Gasteiger partial charge >= 0.3 is 0 Å². The van der Waals surface area contributed by atoms with Crippen LogP contribution in [0.3, 0.4) is 0 Å². The number of aromatic nitrogens is 3. The van der Waals surface area contributed by atoms with Crippen LogP contribution in [0.4, 0.5) is 0 Å². The molecule has 0 spiro atoms. The molecule has 47 heavy (non-hydrogen) atoms. The maximum Gasteiger partial charge on any atom is 0.164 e. The van der Waals surface area contributed by atoms with Crippen molar-refractivity contribution in [2.24, 2.45) is 0 Å². The van der Waals surface area contributed by atoms with E-state index in [1.165, 1.54) is 27.8 Å². The molecule has 0 fully saturated rings. The van der Waals surface area contributed by atoms with Gasteiger partial charge in [-0.15, -0.1) is 0 Å². The molecule has 226 valence electrons. The minimum atomic E-state index is -0.0860. The van der Waals surface area contributed by atoms with Crippen molar-refractivity contribution in [2.75, 3.05) is 0 Å². The number of hydrogen-bond acceptors (Lipinski definition) is 4. The van der Waals surface area contributed by atoms with Crippen LogP contribution in [-0.2, 0) is 5.41 Å². The first-order valence-corrected chi connectivity index (χ1v) is 15.9. The quantitative estimate of drug-likeness (QED) is 0.177. The van der Waals surface area contributed by atoms with E-state index in [1.54, 1.807) is 0 Å². The van der Waals surface area contributed by atoms with Gasteiger partial charge in [0.25, 0.3) is 0 Å². The monoisotopic (exact) mass is 607 g/mol. The van der Waals surface area contributed by atoms with Crippen molar-refractivity contribution in [1.82, 2.24) is 15.0 Å². The highest BCUT2D eigenvalue weighted by Crippen LogP contribution is 2.51. The summed E-state index contributed by atoms with van der Waals surface area (Å²) in [6, 6.07) is 39.4. The highest BCUT2D eigenvalue weighted by molar-refractivity contribution is 6.14. The average Bonchev–Trinajstić information content (AvgIpc) is 3.59. The van der Waals surface area contributed by atoms with Crippen molar-refractivity contribution in [3.63, 3.8) is 0 Å². The lowest BCUT2D eigenvalue weighted by atomic mass is 9.81. The predicted molar refractivity (Wildman–Crippen MR) is 194 cm³/mol. The number of rotatable bonds is 6. The molecule has 4 heteroatoms. The van der Waals surface area contributed by atoms with Crippen LogP contribution in [0.25, 0.3) is 72.8 Å². The normalized spacial score (nSPS) is 13.9. The van der Waals surface area contributed by atoms with E-state index in [0.717, 1.165) is 44.2 Å². The second-order valence-corrected chi connectivity index (χ2v) is 12.5. The Labute approximate surface area is 274 Å². The Morgan fingerprint density at radius 3 is 1.91 bits per heavy atom. The van der Waals surface area contributed by atoms with E-state index in [0.29, 0.717) is 17.5 Å². The molecule has 0 saturated carbocycles. The molecular weight excluding hydrogens is 574 g/mol. The van der Waals surface area contributed by atoms with Crippen LogP contribution in [0, 0.1) is 0 Å². The van der Waals surface area contributed by atoms with Crippen LogP contribution in [0.5, 0.6) is 0 Å². The lowest BCUT2D eigenvalue weighted by molar-refractivity contribution is 0.639. The molecule has 0 radical (unpaired) electrons. The number of hydrogen-bond donors (Lipinski definition) is 0. The summed E-state index contributed by atoms with van der Waals surface area (Å²) in [7, 11) is 0. The topological polar surface area (TPSA) is 51.8 Å². The fourth-order valence-corrected chi connectivity index (χ4v) is 6.81. The summed E-state index contributed by atoms with van der Waals surface area (Å²) in [4.78, 5) is 14.9. The van der Waals surface area contributed by atoms with Gasteiger partial charge in [-0.05, 0) is 59.0 Å². The zero-order chi connectivity index (χ0) is 32.1. The average molecular weight is 608 g/mol. The summed E-state index contributed by atoms with van der Waals surface area (Å²) in [5.41, 5.74) is 11.9. The molecular formula is C43H33N3O. The molecule has 8 rings (SSSR count). The summed E-state index contributed by atoms with van der Waals surface area (Å²) < 4.78 is 6.47. The Bertz CT molecular complexity index is 2340. The highest BCUT2D eigenvalue weighted by Gasteiger charge is 2.36. The third kappa shape index (κ3) is 4.72. The van der Waals surface area contributed by atoms with Crippen molar-refractivity contribution in [1.29, 1.82) is 0 Å². The van der Waals surface area contributed by atoms with Crippen molar-refractivity contribution < 1.29 is 4.42 Å². The fraction of sp³-hybridized carbons (Fsp3) is 0.0930. The molecule has 0 amide bonds. The molecule has 0 aliphatic heterocycles. The molecule has 0 bridgehead atoms. The van der Waals surface area contributed by atoms with E-state index in [1.807, 2.05) is 84.9 Å². The minimum absolute atomic E-state index is 0.0860. The zero-order valence-electron chi connectivity index (χ0n) is 26.7. The number of benzene rings is 5. The van der Waals surface area contributed by atoms with Crippen LogP contribution < -0.4 is 0 Å². The van der Waals surface area contributed by atoms with E-state index < -0.39 is 0 Å². The molecule has 7 aromatic rings. The summed E-state index contributed by atoms with van der Waals surface area (Å²) in [6.45, 7) is 10.8. The first-order valence-electron chi connectivity index (χ1n) is 15.9. The standard InChI is InChI=1S/C43H33N3O/c1-5-6-19-31-27(2)43(3,4)35-22-13-20-32(38(31)35)33-21-14-23-37-39(33)34-26-30(24-25-36(34)47-37)42-45-40(28-15-9-7-10-16-28)44-41(46-42)29-17-11-8-12-18-29/h5-26H,1H2,2-4H3/b19-6-. The van der Waals surface area contributed by atoms with Gasteiger partial charge in [-0.25, -0.2) is 15.0 Å². The Kier molecular flexibility index (Phi) is 6.80. The Hall–Kier alpha value is -5.87. The van der Waals surface area contributed by atoms with E-state index in [9.17, 15) is 0 Å². The van der Waals surface area contributed by atoms with E-state index >= 15 is 0 Å². The highest BCUT2D eigenvalue weighted by atomic mass is 16.3. The predicted octanol–water partition coefficient (Wildman–Crippen LogP) is 11.2. The third-order valence-corrected chi connectivity index (χ3v) is 9.49. The first-order chi connectivity index (χ1) is 22.9. The van der Waals surface area contributed by atoms with Gasteiger partial charge < -0.3 is 4.42 Å². The molecule has 2 heterocycles. The van der Waals surface area contributed by atoms with Gasteiger partial charge in [0.15, 0.2) is 17.5 Å². The van der Waals surface area contributed by atoms with Gasteiger partial charge in [0, 0.05) is 32.9 Å². The molecule has 1 aliphatic rings. The van der Waals surface area contributed by atoms with Crippen LogP contribution in [0.2, 0.25) is 0 Å². The van der Waals surface area contributed by atoms with Gasteiger partial charge in [0.2, 0.25) is 0 Å². The smallest absolute Gasteiger partial charge is 0.164 e. The summed E-state index contributed by atoms with van der Waals surface area (Å²) in [6.07, 6.45) is 6.07. The lowest BCUT2D eigenvalue weighted by Gasteiger charge is -2.22. The SMILES string of the molecule is C=C/C=C\C1=C(C)C(C)(C)c2cccc(-c3cccc4oc5ccc(-c6nc(-c7ccccc7)nc(-c7ccccc7)n6)cc5c34)c21. The molecule has 0 N–H and O–H groups in total. The van der Waals surface area contributed by atoms with Crippen molar-refractivity contribution in [3.8, 4) is 45.3 Å². The second-order valence-electron chi connectivity index (χ2n) is 12.5. The van der Waals surface area contributed by atoms with E-state index in [-0.39, 0.29) is 5.41 Å². The maximum atomic E-state index is 6.47. The second kappa shape index (κ2) is 11.2. The van der Waals surface area contributed by atoms with E-state index in [4.69, 9.17) is 19.4 Å². The van der Waals surface area contributed by atoms with Crippen molar-refractivity contribution in [2.45, 2.75) is 26.2 Å². The molecule has 0 saturated heterocycles. The molecule has 4 nitrogen and oxygen atoms in total. The lowest BCUT2D eigenvalue weighted by Crippen LogP contribution is -2.15. The third-order valence-electron chi connectivity index (χ3n) is 9.49. The molecule has 0 atom stereocenters. The maximum absolute atomic E-state index is 6.47. The Morgan fingerprint density at radius 2 is 1.26 bits per heavy atom. The van der Waals surface area contributed by atoms with Gasteiger partial charge in [-0.1, -0.05) is 135 Å². The van der Waals surface area contributed by atoms with Crippen molar-refractivity contribution in [3.05, 3.63) is 157 Å². The Balaban J connectivity index is 1.35.